The van der Waals surface area contributed by atoms with E-state index in [1.807, 2.05) is 0 Å². The van der Waals surface area contributed by atoms with E-state index < -0.39 is 22.4 Å². The second-order valence-electron chi connectivity index (χ2n) is 4.76. The van der Waals surface area contributed by atoms with Crippen molar-refractivity contribution < 1.29 is 17.9 Å². The number of hydrogen-bond acceptors (Lipinski definition) is 3. The van der Waals surface area contributed by atoms with Crippen molar-refractivity contribution in [2.45, 2.75) is 32.3 Å². The molecule has 1 aromatic carbocycles. The Bertz CT molecular complexity index is 611. The highest BCUT2D eigenvalue weighted by Crippen LogP contribution is 2.22. The fourth-order valence-electron chi connectivity index (χ4n) is 1.89. The largest absolute Gasteiger partial charge is 0.392 e. The van der Waals surface area contributed by atoms with Crippen LogP contribution < -0.4 is 0 Å². The molecule has 0 heterocycles. The van der Waals surface area contributed by atoms with Gasteiger partial charge in [0.15, 0.2) is 0 Å². The molecule has 0 aliphatic heterocycles. The first-order chi connectivity index (χ1) is 9.23. The van der Waals surface area contributed by atoms with E-state index in [2.05, 4.69) is 6.58 Å². The van der Waals surface area contributed by atoms with Crippen LogP contribution in [0.3, 0.4) is 0 Å². The summed E-state index contributed by atoms with van der Waals surface area (Å²) in [7, 11) is -3.72. The number of hydrogen-bond donors (Lipinski definition) is 1. The fraction of sp³-hybridized carbons (Fsp3) is 0.429. The van der Waals surface area contributed by atoms with Gasteiger partial charge in [-0.15, -0.1) is 0 Å². The zero-order valence-corrected chi connectivity index (χ0v) is 12.8. The molecule has 20 heavy (non-hydrogen) atoms. The van der Waals surface area contributed by atoms with Crippen molar-refractivity contribution in [3.63, 3.8) is 0 Å². The Kier molecular flexibility index (Phi) is 5.44. The summed E-state index contributed by atoms with van der Waals surface area (Å²) in [6.07, 6.45) is 0. The van der Waals surface area contributed by atoms with Gasteiger partial charge < -0.3 is 5.11 Å². The Labute approximate surface area is 119 Å². The summed E-state index contributed by atoms with van der Waals surface area (Å²) in [6, 6.07) is 2.46. The number of sulfonamides is 1. The second-order valence-corrected chi connectivity index (χ2v) is 6.70. The average molecular weight is 301 g/mol. The zero-order chi connectivity index (χ0) is 15.5. The smallest absolute Gasteiger partial charge is 0.243 e. The lowest BCUT2D eigenvalue weighted by molar-refractivity contribution is 0.275. The molecule has 0 unspecified atom stereocenters. The van der Waals surface area contributed by atoms with Crippen LogP contribution in [0, 0.1) is 12.7 Å². The van der Waals surface area contributed by atoms with Crippen LogP contribution in [0.5, 0.6) is 0 Å². The van der Waals surface area contributed by atoms with Gasteiger partial charge in [0.2, 0.25) is 10.0 Å². The second kappa shape index (κ2) is 6.47. The summed E-state index contributed by atoms with van der Waals surface area (Å²) < 4.78 is 40.0. The monoisotopic (exact) mass is 301 g/mol. The Morgan fingerprint density at radius 2 is 2.05 bits per heavy atom. The maximum absolute atomic E-state index is 13.7. The van der Waals surface area contributed by atoms with Crippen LogP contribution in [-0.4, -0.2) is 30.9 Å². The van der Waals surface area contributed by atoms with E-state index in [4.69, 9.17) is 5.11 Å². The molecule has 112 valence electrons. The van der Waals surface area contributed by atoms with Crippen molar-refractivity contribution in [1.82, 2.24) is 4.31 Å². The number of benzene rings is 1. The van der Waals surface area contributed by atoms with Crippen LogP contribution >= 0.6 is 0 Å². The van der Waals surface area contributed by atoms with E-state index in [1.165, 1.54) is 23.4 Å². The van der Waals surface area contributed by atoms with Crippen molar-refractivity contribution in [3.8, 4) is 0 Å². The lowest BCUT2D eigenvalue weighted by Gasteiger charge is -2.21. The minimum atomic E-state index is -3.72. The summed E-state index contributed by atoms with van der Waals surface area (Å²) >= 11 is 0. The summed E-state index contributed by atoms with van der Waals surface area (Å²) in [6.45, 7) is 8.62. The summed E-state index contributed by atoms with van der Waals surface area (Å²) in [5.41, 5.74) is 0.896. The molecule has 0 aliphatic rings. The minimum Gasteiger partial charge on any atom is -0.392 e. The van der Waals surface area contributed by atoms with E-state index in [0.29, 0.717) is 6.54 Å². The van der Waals surface area contributed by atoms with E-state index in [9.17, 15) is 12.8 Å². The molecule has 4 nitrogen and oxygen atoms in total. The highest BCUT2D eigenvalue weighted by Gasteiger charge is 2.24. The Balaban J connectivity index is 3.34. The molecule has 0 spiro atoms. The van der Waals surface area contributed by atoms with Crippen LogP contribution in [0.4, 0.5) is 4.39 Å². The molecule has 0 atom stereocenters. The van der Waals surface area contributed by atoms with Gasteiger partial charge in [-0.05, 0) is 31.5 Å². The average Bonchev–Trinajstić information content (AvgIpc) is 2.38. The summed E-state index contributed by atoms with van der Waals surface area (Å²) in [4.78, 5) is -0.0106. The number of halogens is 1. The van der Waals surface area contributed by atoms with Crippen LogP contribution in [0.1, 0.15) is 25.0 Å². The predicted octanol–water partition coefficient (Wildman–Crippen LogP) is 2.21. The third kappa shape index (κ3) is 3.45. The third-order valence-electron chi connectivity index (χ3n) is 2.91. The van der Waals surface area contributed by atoms with E-state index in [0.717, 1.165) is 5.57 Å². The quantitative estimate of drug-likeness (QED) is 0.820. The molecule has 1 rings (SSSR count). The zero-order valence-electron chi connectivity index (χ0n) is 12.0. The topological polar surface area (TPSA) is 57.6 Å². The number of aryl methyl sites for hydroxylation is 1. The molecular weight excluding hydrogens is 281 g/mol. The number of rotatable bonds is 6. The number of aliphatic hydroxyl groups is 1. The Morgan fingerprint density at radius 3 is 2.50 bits per heavy atom. The molecule has 6 heteroatoms. The molecule has 1 aromatic rings. The fourth-order valence-corrected chi connectivity index (χ4v) is 3.53. The van der Waals surface area contributed by atoms with Crippen LogP contribution in [0.15, 0.2) is 29.2 Å². The van der Waals surface area contributed by atoms with Crippen molar-refractivity contribution in [2.24, 2.45) is 0 Å². The highest BCUT2D eigenvalue weighted by atomic mass is 32.2. The van der Waals surface area contributed by atoms with Gasteiger partial charge in [-0.3, -0.25) is 0 Å². The molecule has 0 fully saturated rings. The van der Waals surface area contributed by atoms with Gasteiger partial charge in [-0.1, -0.05) is 19.1 Å². The van der Waals surface area contributed by atoms with Gasteiger partial charge in [0.05, 0.1) is 11.5 Å². The Hall–Kier alpha value is -1.24. The first kappa shape index (κ1) is 16.8. The maximum Gasteiger partial charge on any atom is 0.243 e. The number of aliphatic hydroxyl groups excluding tert-OH is 1. The highest BCUT2D eigenvalue weighted by molar-refractivity contribution is 7.89. The molecule has 0 aromatic heterocycles. The van der Waals surface area contributed by atoms with Crippen LogP contribution in [0.2, 0.25) is 0 Å². The van der Waals surface area contributed by atoms with Crippen molar-refractivity contribution in [2.75, 3.05) is 13.1 Å². The minimum absolute atomic E-state index is 0.0106. The molecule has 0 radical (unpaired) electrons. The maximum atomic E-state index is 13.7. The summed E-state index contributed by atoms with van der Waals surface area (Å²) in [5, 5.41) is 9.11. The first-order valence-electron chi connectivity index (χ1n) is 6.28. The van der Waals surface area contributed by atoms with Crippen molar-refractivity contribution >= 4 is 10.0 Å². The van der Waals surface area contributed by atoms with Crippen molar-refractivity contribution in [1.29, 1.82) is 0 Å². The van der Waals surface area contributed by atoms with Gasteiger partial charge in [-0.2, -0.15) is 4.31 Å². The van der Waals surface area contributed by atoms with Gasteiger partial charge in [-0.25, -0.2) is 12.8 Å². The molecule has 0 bridgehead atoms. The lowest BCUT2D eigenvalue weighted by Crippen LogP contribution is -2.32. The van der Waals surface area contributed by atoms with Gasteiger partial charge >= 0.3 is 0 Å². The van der Waals surface area contributed by atoms with Crippen LogP contribution in [0.25, 0.3) is 0 Å². The summed E-state index contributed by atoms with van der Waals surface area (Å²) in [5.74, 6) is -0.575. The lowest BCUT2D eigenvalue weighted by atomic mass is 10.1. The molecule has 0 saturated heterocycles. The predicted molar refractivity (Wildman–Crippen MR) is 76.3 cm³/mol. The molecule has 0 amide bonds. The molecule has 1 N–H and O–H groups in total. The van der Waals surface area contributed by atoms with Gasteiger partial charge in [0.1, 0.15) is 5.82 Å². The van der Waals surface area contributed by atoms with Crippen molar-refractivity contribution in [3.05, 3.63) is 41.2 Å². The molecular formula is C14H20FNO3S. The van der Waals surface area contributed by atoms with E-state index in [-0.39, 0.29) is 22.6 Å². The SMILES string of the molecule is C=C(C)CN(CC)S(=O)(=O)c1cc(C)c(F)c(CO)c1. The standard InChI is InChI=1S/C14H20FNO3S/c1-5-16(8-10(2)3)20(18,19)13-6-11(4)14(15)12(7-13)9-17/h6-7,17H,2,5,8-9H2,1,3-4H3. The molecule has 0 saturated carbocycles. The number of likely N-dealkylation sites (N-methyl/N-ethyl adjacent to an activating group) is 1. The van der Waals surface area contributed by atoms with Gasteiger partial charge in [0.25, 0.3) is 0 Å². The number of nitrogens with zero attached hydrogens (tertiary/aromatic N) is 1. The first-order valence-corrected chi connectivity index (χ1v) is 7.72. The van der Waals surface area contributed by atoms with E-state index >= 15 is 0 Å². The third-order valence-corrected chi connectivity index (χ3v) is 4.81. The van der Waals surface area contributed by atoms with Crippen LogP contribution in [-0.2, 0) is 16.6 Å². The molecule has 0 aliphatic carbocycles. The normalized spacial score (nSPS) is 11.9. The van der Waals surface area contributed by atoms with E-state index in [1.54, 1.807) is 13.8 Å². The van der Waals surface area contributed by atoms with Gasteiger partial charge in [0, 0.05) is 18.7 Å². The Morgan fingerprint density at radius 1 is 1.45 bits per heavy atom.